The highest BCUT2D eigenvalue weighted by molar-refractivity contribution is 5.71. The third-order valence-corrected chi connectivity index (χ3v) is 3.57. The quantitative estimate of drug-likeness (QED) is 0.336. The second-order valence-corrected chi connectivity index (χ2v) is 5.72. The van der Waals surface area contributed by atoms with Crippen molar-refractivity contribution < 1.29 is 20.1 Å². The molecule has 0 bridgehead atoms. The first kappa shape index (κ1) is 20.9. The van der Waals surface area contributed by atoms with E-state index < -0.39 is 18.2 Å². The zero-order valence-electron chi connectivity index (χ0n) is 13.8. The molecule has 0 aliphatic carbocycles. The van der Waals surface area contributed by atoms with Gasteiger partial charge in [-0.2, -0.15) is 0 Å². The van der Waals surface area contributed by atoms with E-state index in [0.29, 0.717) is 12.8 Å². The fourth-order valence-electron chi connectivity index (χ4n) is 2.14. The van der Waals surface area contributed by atoms with E-state index in [1.54, 1.807) is 0 Å². The van der Waals surface area contributed by atoms with Crippen LogP contribution in [-0.4, -0.2) is 33.5 Å². The highest BCUT2D eigenvalue weighted by Crippen LogP contribution is 2.10. The van der Waals surface area contributed by atoms with Crippen LogP contribution in [0.4, 0.5) is 0 Å². The van der Waals surface area contributed by atoms with Crippen molar-refractivity contribution in [3.05, 3.63) is 24.3 Å². The average Bonchev–Trinajstić information content (AvgIpc) is 2.49. The molecule has 0 unspecified atom stereocenters. The van der Waals surface area contributed by atoms with E-state index >= 15 is 0 Å². The minimum absolute atomic E-state index is 0.306. The van der Waals surface area contributed by atoms with Crippen molar-refractivity contribution in [2.24, 2.45) is 0 Å². The summed E-state index contributed by atoms with van der Waals surface area (Å²) in [5.74, 6) is -1.15. The molecule has 0 amide bonds. The number of aliphatic carboxylic acids is 1. The topological polar surface area (TPSA) is 77.8 Å². The largest absolute Gasteiger partial charge is 0.479 e. The molecular weight excluding hydrogens is 280 g/mol. The Kier molecular flexibility index (Phi) is 14.0. The van der Waals surface area contributed by atoms with Gasteiger partial charge in [0.05, 0.1) is 6.10 Å². The monoisotopic (exact) mass is 312 g/mol. The molecule has 0 aliphatic heterocycles. The average molecular weight is 312 g/mol. The van der Waals surface area contributed by atoms with Crippen LogP contribution in [0.25, 0.3) is 0 Å². The van der Waals surface area contributed by atoms with Crippen molar-refractivity contribution in [3.63, 3.8) is 0 Å². The molecule has 0 heterocycles. The van der Waals surface area contributed by atoms with Gasteiger partial charge < -0.3 is 15.3 Å². The van der Waals surface area contributed by atoms with Gasteiger partial charge in [-0.05, 0) is 25.7 Å². The molecule has 128 valence electrons. The molecule has 0 spiro atoms. The Balaban J connectivity index is 3.49. The number of unbranched alkanes of at least 4 members (excludes halogenated alkanes) is 6. The zero-order chi connectivity index (χ0) is 16.6. The molecule has 0 aliphatic rings. The highest BCUT2D eigenvalue weighted by atomic mass is 16.4. The van der Waals surface area contributed by atoms with Crippen molar-refractivity contribution in [2.45, 2.75) is 83.3 Å². The van der Waals surface area contributed by atoms with Gasteiger partial charge in [-0.25, -0.2) is 4.79 Å². The van der Waals surface area contributed by atoms with Gasteiger partial charge in [-0.1, -0.05) is 69.8 Å². The summed E-state index contributed by atoms with van der Waals surface area (Å²) in [4.78, 5) is 10.4. The number of carboxylic acid groups (broad SMARTS) is 1. The molecule has 0 aromatic rings. The lowest BCUT2D eigenvalue weighted by Gasteiger charge is -2.06. The number of hydrogen-bond acceptors (Lipinski definition) is 3. The van der Waals surface area contributed by atoms with E-state index in [1.807, 2.05) is 18.2 Å². The number of aliphatic hydroxyl groups is 2. The predicted molar refractivity (Wildman–Crippen MR) is 89.8 cm³/mol. The fourth-order valence-corrected chi connectivity index (χ4v) is 2.14. The molecule has 4 nitrogen and oxygen atoms in total. The summed E-state index contributed by atoms with van der Waals surface area (Å²) in [6, 6.07) is 0. The van der Waals surface area contributed by atoms with Gasteiger partial charge in [-0.15, -0.1) is 0 Å². The third kappa shape index (κ3) is 13.8. The summed E-state index contributed by atoms with van der Waals surface area (Å²) in [6.45, 7) is 2.19. The molecule has 0 saturated heterocycles. The Hall–Kier alpha value is -1.13. The predicted octanol–water partition coefficient (Wildman–Crippen LogP) is 3.83. The van der Waals surface area contributed by atoms with Gasteiger partial charge in [0.1, 0.15) is 0 Å². The Morgan fingerprint density at radius 3 is 2.27 bits per heavy atom. The third-order valence-electron chi connectivity index (χ3n) is 3.57. The van der Waals surface area contributed by atoms with E-state index in [2.05, 4.69) is 13.0 Å². The maximum atomic E-state index is 10.4. The molecule has 0 aromatic heterocycles. The SMILES string of the molecule is CCCCC/C=C\C=C\[C@@H](O)CCCCCC[C@@H](O)C(=O)O. The highest BCUT2D eigenvalue weighted by Gasteiger charge is 2.11. The number of aliphatic hydroxyl groups excluding tert-OH is 2. The van der Waals surface area contributed by atoms with Crippen molar-refractivity contribution >= 4 is 5.97 Å². The van der Waals surface area contributed by atoms with Crippen molar-refractivity contribution in [3.8, 4) is 0 Å². The normalized spacial score (nSPS) is 14.7. The van der Waals surface area contributed by atoms with E-state index in [1.165, 1.54) is 19.3 Å². The maximum absolute atomic E-state index is 10.4. The molecule has 0 saturated carbocycles. The van der Waals surface area contributed by atoms with Crippen LogP contribution in [0.2, 0.25) is 0 Å². The van der Waals surface area contributed by atoms with Crippen LogP contribution in [-0.2, 0) is 4.79 Å². The molecule has 22 heavy (non-hydrogen) atoms. The van der Waals surface area contributed by atoms with Crippen LogP contribution in [0, 0.1) is 0 Å². The summed E-state index contributed by atoms with van der Waals surface area (Å²) < 4.78 is 0. The minimum Gasteiger partial charge on any atom is -0.479 e. The summed E-state index contributed by atoms with van der Waals surface area (Å²) in [5, 5.41) is 27.4. The van der Waals surface area contributed by atoms with Crippen LogP contribution in [0.1, 0.15) is 71.1 Å². The molecule has 0 fully saturated rings. The van der Waals surface area contributed by atoms with Crippen LogP contribution in [0.3, 0.4) is 0 Å². The first-order valence-corrected chi connectivity index (χ1v) is 8.50. The van der Waals surface area contributed by atoms with E-state index in [-0.39, 0.29) is 0 Å². The number of carboxylic acids is 1. The first-order chi connectivity index (χ1) is 10.6. The number of hydrogen-bond donors (Lipinski definition) is 3. The lowest BCUT2D eigenvalue weighted by atomic mass is 10.1. The Morgan fingerprint density at radius 2 is 1.64 bits per heavy atom. The first-order valence-electron chi connectivity index (χ1n) is 8.50. The Labute approximate surface area is 134 Å². The molecule has 4 heteroatoms. The summed E-state index contributed by atoms with van der Waals surface area (Å²) in [6.07, 6.45) is 15.5. The van der Waals surface area contributed by atoms with Crippen molar-refractivity contribution in [1.82, 2.24) is 0 Å². The molecule has 3 N–H and O–H groups in total. The number of rotatable bonds is 14. The van der Waals surface area contributed by atoms with E-state index in [9.17, 15) is 9.90 Å². The molecular formula is C18H32O4. The molecule has 0 aromatic carbocycles. The summed E-state index contributed by atoms with van der Waals surface area (Å²) in [5.41, 5.74) is 0. The van der Waals surface area contributed by atoms with Gasteiger partial charge in [0, 0.05) is 0 Å². The van der Waals surface area contributed by atoms with Gasteiger partial charge in [0.2, 0.25) is 0 Å². The van der Waals surface area contributed by atoms with E-state index in [4.69, 9.17) is 10.2 Å². The maximum Gasteiger partial charge on any atom is 0.332 e. The molecule has 0 rings (SSSR count). The molecule has 0 radical (unpaired) electrons. The van der Waals surface area contributed by atoms with Gasteiger partial charge >= 0.3 is 5.97 Å². The van der Waals surface area contributed by atoms with Crippen molar-refractivity contribution in [2.75, 3.05) is 0 Å². The van der Waals surface area contributed by atoms with Crippen molar-refractivity contribution in [1.29, 1.82) is 0 Å². The van der Waals surface area contributed by atoms with Crippen LogP contribution in [0.5, 0.6) is 0 Å². The lowest BCUT2D eigenvalue weighted by molar-refractivity contribution is -0.146. The smallest absolute Gasteiger partial charge is 0.332 e. The van der Waals surface area contributed by atoms with Gasteiger partial charge in [0.25, 0.3) is 0 Å². The second kappa shape index (κ2) is 14.8. The fraction of sp³-hybridized carbons (Fsp3) is 0.722. The minimum atomic E-state index is -1.24. The Bertz CT molecular complexity index is 323. The number of carbonyl (C=O) groups is 1. The lowest BCUT2D eigenvalue weighted by Crippen LogP contribution is -2.18. The molecule has 2 atom stereocenters. The second-order valence-electron chi connectivity index (χ2n) is 5.72. The van der Waals surface area contributed by atoms with Crippen LogP contribution >= 0.6 is 0 Å². The summed E-state index contributed by atoms with van der Waals surface area (Å²) >= 11 is 0. The zero-order valence-corrected chi connectivity index (χ0v) is 13.8. The standard InChI is InChI=1S/C18H32O4/c1-2-3-4-5-6-7-10-13-16(19)14-11-8-9-12-15-17(20)18(21)22/h6-7,10,13,16-17,19-20H,2-5,8-9,11-12,14-15H2,1H3,(H,21,22)/b7-6-,13-10+/t16-,17-/m1/s1. The summed E-state index contributed by atoms with van der Waals surface area (Å²) in [7, 11) is 0. The number of allylic oxidation sites excluding steroid dienone is 3. The van der Waals surface area contributed by atoms with Crippen LogP contribution < -0.4 is 0 Å². The van der Waals surface area contributed by atoms with Gasteiger partial charge in [-0.3, -0.25) is 0 Å². The van der Waals surface area contributed by atoms with E-state index in [0.717, 1.165) is 32.1 Å². The van der Waals surface area contributed by atoms with Crippen LogP contribution in [0.15, 0.2) is 24.3 Å². The Morgan fingerprint density at radius 1 is 0.955 bits per heavy atom. The van der Waals surface area contributed by atoms with Gasteiger partial charge in [0.15, 0.2) is 6.10 Å².